The average Bonchev–Trinajstić information content (AvgIpc) is 2.43. The molecule has 2 nitrogen and oxygen atoms in total. The van der Waals surface area contributed by atoms with Crippen molar-refractivity contribution in [3.8, 4) is 0 Å². The van der Waals surface area contributed by atoms with Gasteiger partial charge in [0.05, 0.1) is 0 Å². The zero-order valence-corrected chi connectivity index (χ0v) is 13.8. The zero-order valence-electron chi connectivity index (χ0n) is 13.8. The Balaban J connectivity index is 3.04. The Bertz CT molecular complexity index is 236. The molecular formula is C18H35NO. The second kappa shape index (κ2) is 16.3. The smallest absolute Gasteiger partial charge is 0.217 e. The molecular weight excluding hydrogens is 246 g/mol. The molecule has 1 amide bonds. The van der Waals surface area contributed by atoms with E-state index >= 15 is 0 Å². The fraction of sp³-hybridized carbons (Fsp3) is 0.833. The van der Waals surface area contributed by atoms with Gasteiger partial charge in [0, 0.05) is 13.5 Å². The minimum atomic E-state index is 0.0457. The van der Waals surface area contributed by atoms with E-state index in [9.17, 15) is 4.79 Å². The van der Waals surface area contributed by atoms with Gasteiger partial charge in [-0.25, -0.2) is 0 Å². The molecule has 0 radical (unpaired) electrons. The number of carbonyl (C=O) groups is 1. The topological polar surface area (TPSA) is 29.1 Å². The van der Waals surface area contributed by atoms with Gasteiger partial charge in [0.2, 0.25) is 5.91 Å². The Morgan fingerprint density at radius 2 is 1.30 bits per heavy atom. The highest BCUT2D eigenvalue weighted by Gasteiger charge is 1.92. The van der Waals surface area contributed by atoms with Gasteiger partial charge in [-0.2, -0.15) is 0 Å². The van der Waals surface area contributed by atoms with E-state index in [1.54, 1.807) is 6.92 Å². The minimum Gasteiger partial charge on any atom is -0.353 e. The van der Waals surface area contributed by atoms with Crippen molar-refractivity contribution < 1.29 is 4.79 Å². The zero-order chi connectivity index (χ0) is 14.9. The lowest BCUT2D eigenvalue weighted by molar-refractivity contribution is -0.118. The molecule has 118 valence electrons. The number of rotatable bonds is 14. The molecule has 2 heteroatoms. The number of hydrogen-bond acceptors (Lipinski definition) is 1. The molecule has 0 saturated carbocycles. The van der Waals surface area contributed by atoms with Crippen molar-refractivity contribution in [1.29, 1.82) is 0 Å². The highest BCUT2D eigenvalue weighted by molar-refractivity contribution is 5.72. The molecule has 20 heavy (non-hydrogen) atoms. The van der Waals surface area contributed by atoms with E-state index in [0.29, 0.717) is 6.54 Å². The minimum absolute atomic E-state index is 0.0457. The monoisotopic (exact) mass is 281 g/mol. The van der Waals surface area contributed by atoms with Gasteiger partial charge in [-0.1, -0.05) is 83.3 Å². The summed E-state index contributed by atoms with van der Waals surface area (Å²) in [6.07, 6.45) is 20.7. The lowest BCUT2D eigenvalue weighted by Crippen LogP contribution is -2.19. The third-order valence-corrected chi connectivity index (χ3v) is 3.61. The predicted molar refractivity (Wildman–Crippen MR) is 88.9 cm³/mol. The molecule has 0 rings (SSSR count). The van der Waals surface area contributed by atoms with Crippen LogP contribution >= 0.6 is 0 Å². The summed E-state index contributed by atoms with van der Waals surface area (Å²) in [5.41, 5.74) is 0. The molecule has 1 N–H and O–H groups in total. The average molecular weight is 281 g/mol. The van der Waals surface area contributed by atoms with Crippen LogP contribution in [0.15, 0.2) is 12.2 Å². The lowest BCUT2D eigenvalue weighted by Gasteiger charge is -2.01. The fourth-order valence-electron chi connectivity index (χ4n) is 2.33. The Morgan fingerprint density at radius 3 is 1.80 bits per heavy atom. The van der Waals surface area contributed by atoms with Crippen molar-refractivity contribution in [2.24, 2.45) is 0 Å². The van der Waals surface area contributed by atoms with E-state index in [2.05, 4.69) is 24.4 Å². The molecule has 0 aromatic carbocycles. The lowest BCUT2D eigenvalue weighted by atomic mass is 10.1. The van der Waals surface area contributed by atoms with E-state index in [4.69, 9.17) is 0 Å². The standard InChI is InChI=1S/C18H35NO/c1-3-4-5-6-7-8-9-10-11-12-13-14-15-16-17-19-18(2)20/h15-16H,3-14,17H2,1-2H3,(H,19,20)/b16-15+. The predicted octanol–water partition coefficient (Wildman–Crippen LogP) is 5.38. The normalized spacial score (nSPS) is 11.1. The molecule has 0 aromatic heterocycles. The maximum Gasteiger partial charge on any atom is 0.217 e. The first-order valence-electron chi connectivity index (χ1n) is 8.66. The summed E-state index contributed by atoms with van der Waals surface area (Å²) in [6, 6.07) is 0. The number of unbranched alkanes of at least 4 members (excludes halogenated alkanes) is 11. The van der Waals surface area contributed by atoms with Crippen LogP contribution in [0.5, 0.6) is 0 Å². The second-order valence-corrected chi connectivity index (χ2v) is 5.73. The van der Waals surface area contributed by atoms with E-state index in [1.165, 1.54) is 70.6 Å². The van der Waals surface area contributed by atoms with Crippen molar-refractivity contribution in [1.82, 2.24) is 5.32 Å². The molecule has 0 aliphatic carbocycles. The first kappa shape index (κ1) is 19.2. The van der Waals surface area contributed by atoms with Crippen LogP contribution in [-0.2, 0) is 4.79 Å². The van der Waals surface area contributed by atoms with E-state index in [1.807, 2.05) is 0 Å². The fourth-order valence-corrected chi connectivity index (χ4v) is 2.33. The van der Waals surface area contributed by atoms with Crippen LogP contribution in [0, 0.1) is 0 Å². The molecule has 0 fully saturated rings. The van der Waals surface area contributed by atoms with Crippen molar-refractivity contribution in [2.45, 2.75) is 90.9 Å². The van der Waals surface area contributed by atoms with Crippen molar-refractivity contribution >= 4 is 5.91 Å². The van der Waals surface area contributed by atoms with Gasteiger partial charge in [-0.15, -0.1) is 0 Å². The van der Waals surface area contributed by atoms with E-state index < -0.39 is 0 Å². The van der Waals surface area contributed by atoms with Gasteiger partial charge < -0.3 is 5.32 Å². The molecule has 0 bridgehead atoms. The maximum atomic E-state index is 10.6. The van der Waals surface area contributed by atoms with Crippen LogP contribution in [0.25, 0.3) is 0 Å². The summed E-state index contributed by atoms with van der Waals surface area (Å²) in [4.78, 5) is 10.6. The summed E-state index contributed by atoms with van der Waals surface area (Å²) in [7, 11) is 0. The van der Waals surface area contributed by atoms with Gasteiger partial charge in [0.25, 0.3) is 0 Å². The van der Waals surface area contributed by atoms with Crippen molar-refractivity contribution in [2.75, 3.05) is 6.54 Å². The summed E-state index contributed by atoms with van der Waals surface area (Å²) in [6.45, 7) is 4.50. The molecule has 0 saturated heterocycles. The van der Waals surface area contributed by atoms with Crippen LogP contribution in [0.3, 0.4) is 0 Å². The molecule has 0 unspecified atom stereocenters. The molecule has 0 aromatic rings. The van der Waals surface area contributed by atoms with Crippen molar-refractivity contribution in [3.05, 3.63) is 12.2 Å². The van der Waals surface area contributed by atoms with Gasteiger partial charge in [-0.05, 0) is 12.8 Å². The first-order valence-corrected chi connectivity index (χ1v) is 8.66. The van der Waals surface area contributed by atoms with Gasteiger partial charge in [-0.3, -0.25) is 4.79 Å². The molecule has 0 spiro atoms. The van der Waals surface area contributed by atoms with Crippen LogP contribution in [0.4, 0.5) is 0 Å². The van der Waals surface area contributed by atoms with Crippen molar-refractivity contribution in [3.63, 3.8) is 0 Å². The summed E-state index contributed by atoms with van der Waals surface area (Å²) in [5, 5.41) is 2.76. The van der Waals surface area contributed by atoms with Crippen LogP contribution in [0.1, 0.15) is 90.9 Å². The van der Waals surface area contributed by atoms with Crippen LogP contribution in [0.2, 0.25) is 0 Å². The maximum absolute atomic E-state index is 10.6. The summed E-state index contributed by atoms with van der Waals surface area (Å²) >= 11 is 0. The summed E-state index contributed by atoms with van der Waals surface area (Å²) < 4.78 is 0. The highest BCUT2D eigenvalue weighted by Crippen LogP contribution is 2.11. The second-order valence-electron chi connectivity index (χ2n) is 5.73. The Labute approximate surface area is 126 Å². The number of amides is 1. The highest BCUT2D eigenvalue weighted by atomic mass is 16.1. The number of hydrogen-bond donors (Lipinski definition) is 1. The largest absolute Gasteiger partial charge is 0.353 e. The van der Waals surface area contributed by atoms with Gasteiger partial charge in [0.15, 0.2) is 0 Å². The Hall–Kier alpha value is -0.790. The molecule has 0 aliphatic heterocycles. The first-order chi connectivity index (χ1) is 9.77. The Kier molecular flexibility index (Phi) is 15.6. The van der Waals surface area contributed by atoms with Crippen LogP contribution in [-0.4, -0.2) is 12.5 Å². The SMILES string of the molecule is CCCCCCCCCCCCC/C=C/CNC(C)=O. The van der Waals surface area contributed by atoms with E-state index in [-0.39, 0.29) is 5.91 Å². The Morgan fingerprint density at radius 1 is 0.800 bits per heavy atom. The molecule has 0 aliphatic rings. The third kappa shape index (κ3) is 17.2. The quantitative estimate of drug-likeness (QED) is 0.336. The van der Waals surface area contributed by atoms with Crippen LogP contribution < -0.4 is 5.32 Å². The molecule has 0 heterocycles. The van der Waals surface area contributed by atoms with Gasteiger partial charge in [0.1, 0.15) is 0 Å². The van der Waals surface area contributed by atoms with Gasteiger partial charge >= 0.3 is 0 Å². The third-order valence-electron chi connectivity index (χ3n) is 3.61. The molecule has 0 atom stereocenters. The van der Waals surface area contributed by atoms with E-state index in [0.717, 1.165) is 6.42 Å². The number of allylic oxidation sites excluding steroid dienone is 1. The number of carbonyl (C=O) groups excluding carboxylic acids is 1. The number of nitrogens with one attached hydrogen (secondary N) is 1. The summed E-state index contributed by atoms with van der Waals surface area (Å²) in [5.74, 6) is 0.0457.